The maximum atomic E-state index is 12.8. The number of thiophene rings is 1. The summed E-state index contributed by atoms with van der Waals surface area (Å²) in [5.74, 6) is 0.556. The van der Waals surface area contributed by atoms with E-state index in [0.717, 1.165) is 21.9 Å². The van der Waals surface area contributed by atoms with E-state index in [-0.39, 0.29) is 5.82 Å². The van der Waals surface area contributed by atoms with E-state index < -0.39 is 0 Å². The van der Waals surface area contributed by atoms with Gasteiger partial charge in [0, 0.05) is 23.2 Å². The molecule has 1 N–H and O–H groups in total. The molecule has 0 unspecified atom stereocenters. The Balaban J connectivity index is 1.73. The standard InChI is InChI=1S/C15H13FN2OS/c1-10-13(8-15(20-10)14-6-7-18-19-14)17-9-11-2-4-12(16)5-3-11/h2-8,17H,9H2,1H3. The van der Waals surface area contributed by atoms with Gasteiger partial charge in [-0.25, -0.2) is 4.39 Å². The van der Waals surface area contributed by atoms with Gasteiger partial charge in [0.1, 0.15) is 5.82 Å². The summed E-state index contributed by atoms with van der Waals surface area (Å²) in [5.41, 5.74) is 2.10. The molecule has 0 amide bonds. The first-order valence-electron chi connectivity index (χ1n) is 6.22. The first-order chi connectivity index (χ1) is 9.72. The van der Waals surface area contributed by atoms with Crippen LogP contribution in [0.2, 0.25) is 0 Å². The summed E-state index contributed by atoms with van der Waals surface area (Å²) >= 11 is 1.65. The maximum Gasteiger partial charge on any atom is 0.176 e. The second-order valence-electron chi connectivity index (χ2n) is 4.44. The molecule has 0 radical (unpaired) electrons. The summed E-state index contributed by atoms with van der Waals surface area (Å²) in [6.45, 7) is 2.71. The zero-order chi connectivity index (χ0) is 13.9. The Hall–Kier alpha value is -2.14. The van der Waals surface area contributed by atoms with Crippen LogP contribution in [0, 0.1) is 12.7 Å². The topological polar surface area (TPSA) is 38.1 Å². The Kier molecular flexibility index (Phi) is 3.52. The lowest BCUT2D eigenvalue weighted by Gasteiger charge is -2.05. The number of hydrogen-bond donors (Lipinski definition) is 1. The zero-order valence-corrected chi connectivity index (χ0v) is 11.7. The smallest absolute Gasteiger partial charge is 0.176 e. The highest BCUT2D eigenvalue weighted by Gasteiger charge is 2.09. The van der Waals surface area contributed by atoms with E-state index in [2.05, 4.69) is 17.4 Å². The van der Waals surface area contributed by atoms with E-state index in [1.165, 1.54) is 17.0 Å². The van der Waals surface area contributed by atoms with Gasteiger partial charge in [-0.05, 0) is 30.7 Å². The van der Waals surface area contributed by atoms with E-state index in [0.29, 0.717) is 6.54 Å². The summed E-state index contributed by atoms with van der Waals surface area (Å²) in [5, 5.41) is 7.07. The number of nitrogens with zero attached hydrogens (tertiary/aromatic N) is 1. The van der Waals surface area contributed by atoms with Crippen molar-refractivity contribution in [3.05, 3.63) is 58.9 Å². The van der Waals surface area contributed by atoms with Crippen LogP contribution in [0.1, 0.15) is 10.4 Å². The summed E-state index contributed by atoms with van der Waals surface area (Å²) in [4.78, 5) is 2.22. The van der Waals surface area contributed by atoms with Gasteiger partial charge in [-0.3, -0.25) is 0 Å². The molecule has 3 aromatic rings. The van der Waals surface area contributed by atoms with Crippen molar-refractivity contribution in [2.24, 2.45) is 0 Å². The van der Waals surface area contributed by atoms with Crippen LogP contribution < -0.4 is 5.32 Å². The van der Waals surface area contributed by atoms with Crippen LogP contribution >= 0.6 is 11.3 Å². The predicted molar refractivity (Wildman–Crippen MR) is 78.3 cm³/mol. The molecule has 1 aromatic carbocycles. The molecule has 0 atom stereocenters. The Bertz CT molecular complexity index is 689. The van der Waals surface area contributed by atoms with Gasteiger partial charge in [-0.1, -0.05) is 17.3 Å². The lowest BCUT2D eigenvalue weighted by atomic mass is 10.2. The molecule has 20 heavy (non-hydrogen) atoms. The lowest BCUT2D eigenvalue weighted by molar-refractivity contribution is 0.433. The first kappa shape index (κ1) is 12.9. The number of hydrogen-bond acceptors (Lipinski definition) is 4. The minimum absolute atomic E-state index is 0.215. The van der Waals surface area contributed by atoms with Crippen LogP contribution in [0.3, 0.4) is 0 Å². The summed E-state index contributed by atoms with van der Waals surface area (Å²) in [6, 6.07) is 10.4. The molecule has 0 saturated heterocycles. The lowest BCUT2D eigenvalue weighted by Crippen LogP contribution is -1.99. The third-order valence-electron chi connectivity index (χ3n) is 2.99. The van der Waals surface area contributed by atoms with Gasteiger partial charge in [-0.2, -0.15) is 0 Å². The third kappa shape index (κ3) is 2.72. The van der Waals surface area contributed by atoms with Gasteiger partial charge in [0.25, 0.3) is 0 Å². The Labute approximate surface area is 120 Å². The average molecular weight is 288 g/mol. The van der Waals surface area contributed by atoms with Crippen molar-refractivity contribution in [2.75, 3.05) is 5.32 Å². The Morgan fingerprint density at radius 2 is 2.05 bits per heavy atom. The van der Waals surface area contributed by atoms with Gasteiger partial charge in [0.2, 0.25) is 0 Å². The second-order valence-corrected chi connectivity index (χ2v) is 5.69. The SMILES string of the molecule is Cc1sc(-c2ccno2)cc1NCc1ccc(F)cc1. The third-order valence-corrected chi connectivity index (χ3v) is 4.06. The van der Waals surface area contributed by atoms with Crippen LogP contribution in [0.25, 0.3) is 10.6 Å². The van der Waals surface area contributed by atoms with E-state index >= 15 is 0 Å². The number of rotatable bonds is 4. The minimum Gasteiger partial charge on any atom is -0.380 e. The molecule has 5 heteroatoms. The fourth-order valence-electron chi connectivity index (χ4n) is 1.92. The fourth-order valence-corrected chi connectivity index (χ4v) is 2.88. The quantitative estimate of drug-likeness (QED) is 0.770. The van der Waals surface area contributed by atoms with Gasteiger partial charge in [-0.15, -0.1) is 11.3 Å². The number of aryl methyl sites for hydroxylation is 1. The van der Waals surface area contributed by atoms with E-state index in [9.17, 15) is 4.39 Å². The molecule has 0 aliphatic rings. The molecule has 3 rings (SSSR count). The van der Waals surface area contributed by atoms with Gasteiger partial charge >= 0.3 is 0 Å². The molecule has 0 saturated carbocycles. The molecule has 0 spiro atoms. The summed E-state index contributed by atoms with van der Waals surface area (Å²) in [7, 11) is 0. The highest BCUT2D eigenvalue weighted by atomic mass is 32.1. The molecule has 102 valence electrons. The van der Waals surface area contributed by atoms with Crippen LogP contribution in [-0.2, 0) is 6.54 Å². The fraction of sp³-hybridized carbons (Fsp3) is 0.133. The minimum atomic E-state index is -0.215. The number of benzene rings is 1. The predicted octanol–water partition coefficient (Wildman–Crippen LogP) is 4.46. The van der Waals surface area contributed by atoms with Gasteiger partial charge < -0.3 is 9.84 Å². The van der Waals surface area contributed by atoms with Crippen molar-refractivity contribution in [3.8, 4) is 10.6 Å². The largest absolute Gasteiger partial charge is 0.380 e. The highest BCUT2D eigenvalue weighted by Crippen LogP contribution is 2.34. The van der Waals surface area contributed by atoms with E-state index in [1.54, 1.807) is 29.7 Å². The molecule has 0 aliphatic carbocycles. The molecule has 2 heterocycles. The molecular weight excluding hydrogens is 275 g/mol. The van der Waals surface area contributed by atoms with Crippen molar-refractivity contribution in [2.45, 2.75) is 13.5 Å². The van der Waals surface area contributed by atoms with Crippen molar-refractivity contribution < 1.29 is 8.91 Å². The van der Waals surface area contributed by atoms with Crippen LogP contribution in [0.4, 0.5) is 10.1 Å². The second kappa shape index (κ2) is 5.46. The average Bonchev–Trinajstić information content (AvgIpc) is 3.08. The first-order valence-corrected chi connectivity index (χ1v) is 7.04. The zero-order valence-electron chi connectivity index (χ0n) is 10.9. The van der Waals surface area contributed by atoms with Crippen molar-refractivity contribution in [1.82, 2.24) is 5.16 Å². The number of nitrogens with one attached hydrogen (secondary N) is 1. The number of halogens is 1. The molecule has 2 aromatic heterocycles. The number of aromatic nitrogens is 1. The molecule has 0 aliphatic heterocycles. The van der Waals surface area contributed by atoms with Gasteiger partial charge in [0.05, 0.1) is 11.1 Å². The Morgan fingerprint density at radius 3 is 2.75 bits per heavy atom. The monoisotopic (exact) mass is 288 g/mol. The Morgan fingerprint density at radius 1 is 1.25 bits per heavy atom. The van der Waals surface area contributed by atoms with Crippen molar-refractivity contribution in [1.29, 1.82) is 0 Å². The van der Waals surface area contributed by atoms with Crippen LogP contribution in [0.5, 0.6) is 0 Å². The van der Waals surface area contributed by atoms with Crippen molar-refractivity contribution in [3.63, 3.8) is 0 Å². The molecule has 0 fully saturated rings. The van der Waals surface area contributed by atoms with E-state index in [4.69, 9.17) is 4.52 Å². The number of anilines is 1. The summed E-state index contributed by atoms with van der Waals surface area (Å²) < 4.78 is 18.0. The van der Waals surface area contributed by atoms with Gasteiger partial charge in [0.15, 0.2) is 5.76 Å². The molecular formula is C15H13FN2OS. The summed E-state index contributed by atoms with van der Waals surface area (Å²) in [6.07, 6.45) is 1.63. The molecule has 0 bridgehead atoms. The maximum absolute atomic E-state index is 12.8. The van der Waals surface area contributed by atoms with Crippen LogP contribution in [0.15, 0.2) is 47.1 Å². The highest BCUT2D eigenvalue weighted by molar-refractivity contribution is 7.15. The van der Waals surface area contributed by atoms with E-state index in [1.807, 2.05) is 12.1 Å². The van der Waals surface area contributed by atoms with Crippen molar-refractivity contribution >= 4 is 17.0 Å². The normalized spacial score (nSPS) is 10.7. The van der Waals surface area contributed by atoms with Crippen LogP contribution in [-0.4, -0.2) is 5.16 Å². The molecule has 3 nitrogen and oxygen atoms in total.